The second kappa shape index (κ2) is 4.97. The molecule has 1 aromatic carbocycles. The average molecular weight is 271 g/mol. The highest BCUT2D eigenvalue weighted by Gasteiger charge is 2.31. The third-order valence-electron chi connectivity index (χ3n) is 3.29. The Bertz CT molecular complexity index is 502. The SMILES string of the molecule is C[C@H]1C[C@H](C)CN(S(=O)(=O)c2ccc(F)cc2)C1. The molecule has 1 fully saturated rings. The zero-order valence-electron chi connectivity index (χ0n) is 10.6. The molecule has 2 atom stereocenters. The fraction of sp³-hybridized carbons (Fsp3) is 0.538. The summed E-state index contributed by atoms with van der Waals surface area (Å²) >= 11 is 0. The van der Waals surface area contributed by atoms with Crippen LogP contribution in [0.1, 0.15) is 20.3 Å². The van der Waals surface area contributed by atoms with Gasteiger partial charge in [-0.25, -0.2) is 12.8 Å². The lowest BCUT2D eigenvalue weighted by Crippen LogP contribution is -2.42. The molecule has 1 heterocycles. The van der Waals surface area contributed by atoms with Gasteiger partial charge in [0.15, 0.2) is 0 Å². The Labute approximate surface area is 108 Å². The molecule has 1 aliphatic heterocycles. The summed E-state index contributed by atoms with van der Waals surface area (Å²) in [4.78, 5) is 0.171. The van der Waals surface area contributed by atoms with E-state index in [9.17, 15) is 12.8 Å². The van der Waals surface area contributed by atoms with E-state index in [1.54, 1.807) is 0 Å². The van der Waals surface area contributed by atoms with Crippen LogP contribution in [0.2, 0.25) is 0 Å². The zero-order valence-corrected chi connectivity index (χ0v) is 11.5. The topological polar surface area (TPSA) is 37.4 Å². The lowest BCUT2D eigenvalue weighted by Gasteiger charge is -2.34. The average Bonchev–Trinajstić information content (AvgIpc) is 2.28. The van der Waals surface area contributed by atoms with E-state index < -0.39 is 15.8 Å². The van der Waals surface area contributed by atoms with Gasteiger partial charge < -0.3 is 0 Å². The number of sulfonamides is 1. The zero-order chi connectivity index (χ0) is 13.3. The first-order chi connectivity index (χ1) is 8.39. The van der Waals surface area contributed by atoms with Crippen molar-refractivity contribution in [2.24, 2.45) is 11.8 Å². The van der Waals surface area contributed by atoms with Crippen LogP contribution < -0.4 is 0 Å². The molecule has 0 amide bonds. The number of piperidine rings is 1. The maximum atomic E-state index is 12.8. The van der Waals surface area contributed by atoms with E-state index in [0.29, 0.717) is 24.9 Å². The Hall–Kier alpha value is -0.940. The molecule has 1 aliphatic rings. The summed E-state index contributed by atoms with van der Waals surface area (Å²) in [6.45, 7) is 5.21. The molecule has 1 aromatic rings. The molecule has 0 radical (unpaired) electrons. The number of halogens is 1. The van der Waals surface area contributed by atoms with Gasteiger partial charge in [0, 0.05) is 13.1 Å². The van der Waals surface area contributed by atoms with Gasteiger partial charge in [0.2, 0.25) is 10.0 Å². The first-order valence-electron chi connectivity index (χ1n) is 6.15. The van der Waals surface area contributed by atoms with Crippen molar-refractivity contribution in [1.82, 2.24) is 4.31 Å². The Morgan fingerprint density at radius 1 is 1.11 bits per heavy atom. The third-order valence-corrected chi connectivity index (χ3v) is 5.13. The molecule has 0 bridgehead atoms. The second-order valence-corrected chi connectivity index (χ2v) is 7.16. The summed E-state index contributed by atoms with van der Waals surface area (Å²) in [5.41, 5.74) is 0. The Balaban J connectivity index is 2.28. The van der Waals surface area contributed by atoms with Gasteiger partial charge in [-0.05, 0) is 42.5 Å². The Morgan fingerprint density at radius 2 is 1.61 bits per heavy atom. The van der Waals surface area contributed by atoms with Gasteiger partial charge in [-0.3, -0.25) is 0 Å². The van der Waals surface area contributed by atoms with Gasteiger partial charge in [-0.1, -0.05) is 13.8 Å². The quantitative estimate of drug-likeness (QED) is 0.828. The van der Waals surface area contributed by atoms with E-state index in [0.717, 1.165) is 6.42 Å². The van der Waals surface area contributed by atoms with E-state index in [4.69, 9.17) is 0 Å². The molecule has 0 N–H and O–H groups in total. The van der Waals surface area contributed by atoms with Crippen molar-refractivity contribution in [3.63, 3.8) is 0 Å². The number of hydrogen-bond acceptors (Lipinski definition) is 2. The molecule has 2 rings (SSSR count). The minimum absolute atomic E-state index is 0.171. The molecule has 0 spiro atoms. The minimum Gasteiger partial charge on any atom is -0.207 e. The lowest BCUT2D eigenvalue weighted by molar-refractivity contribution is 0.222. The summed E-state index contributed by atoms with van der Waals surface area (Å²) in [5.74, 6) is 0.308. The number of hydrogen-bond donors (Lipinski definition) is 0. The standard InChI is InChI=1S/C13H18FNO2S/c1-10-7-11(2)9-15(8-10)18(16,17)13-5-3-12(14)4-6-13/h3-6,10-11H,7-9H2,1-2H3/t10-,11-/m0/s1. The first kappa shape index (κ1) is 13.5. The van der Waals surface area contributed by atoms with E-state index in [1.165, 1.54) is 28.6 Å². The highest BCUT2D eigenvalue weighted by molar-refractivity contribution is 7.89. The van der Waals surface area contributed by atoms with Gasteiger partial charge >= 0.3 is 0 Å². The summed E-state index contributed by atoms with van der Waals surface area (Å²) < 4.78 is 39.1. The van der Waals surface area contributed by atoms with Crippen LogP contribution >= 0.6 is 0 Å². The summed E-state index contributed by atoms with van der Waals surface area (Å²) in [5, 5.41) is 0. The van der Waals surface area contributed by atoms with Crippen LogP contribution in [-0.4, -0.2) is 25.8 Å². The molecule has 5 heteroatoms. The maximum Gasteiger partial charge on any atom is 0.243 e. The molecule has 100 valence electrons. The van der Waals surface area contributed by atoms with Crippen molar-refractivity contribution in [2.45, 2.75) is 25.2 Å². The fourth-order valence-corrected chi connectivity index (χ4v) is 4.24. The van der Waals surface area contributed by atoms with Crippen LogP contribution in [0.25, 0.3) is 0 Å². The number of benzene rings is 1. The molecule has 0 aliphatic carbocycles. The third kappa shape index (κ3) is 2.72. The summed E-state index contributed by atoms with van der Waals surface area (Å²) in [6.07, 6.45) is 1.05. The van der Waals surface area contributed by atoms with E-state index in [2.05, 4.69) is 13.8 Å². The molecular weight excluding hydrogens is 253 g/mol. The molecule has 0 aromatic heterocycles. The molecule has 18 heavy (non-hydrogen) atoms. The van der Waals surface area contributed by atoms with Crippen LogP contribution in [0.15, 0.2) is 29.2 Å². The lowest BCUT2D eigenvalue weighted by atomic mass is 9.94. The van der Waals surface area contributed by atoms with Crippen LogP contribution in [0.4, 0.5) is 4.39 Å². The second-order valence-electron chi connectivity index (χ2n) is 5.22. The van der Waals surface area contributed by atoms with Crippen LogP contribution in [-0.2, 0) is 10.0 Å². The molecule has 0 unspecified atom stereocenters. The normalized spacial score (nSPS) is 26.2. The summed E-state index contributed by atoms with van der Waals surface area (Å²) in [7, 11) is -3.48. The fourth-order valence-electron chi connectivity index (χ4n) is 2.56. The van der Waals surface area contributed by atoms with E-state index in [-0.39, 0.29) is 4.90 Å². The Morgan fingerprint density at radius 3 is 2.11 bits per heavy atom. The van der Waals surface area contributed by atoms with Gasteiger partial charge in [0.1, 0.15) is 5.82 Å². The minimum atomic E-state index is -3.48. The van der Waals surface area contributed by atoms with Crippen LogP contribution in [0.5, 0.6) is 0 Å². The van der Waals surface area contributed by atoms with Gasteiger partial charge in [0.05, 0.1) is 4.90 Å². The van der Waals surface area contributed by atoms with Crippen molar-refractivity contribution in [3.8, 4) is 0 Å². The number of nitrogens with zero attached hydrogens (tertiary/aromatic N) is 1. The van der Waals surface area contributed by atoms with Crippen molar-refractivity contribution in [2.75, 3.05) is 13.1 Å². The van der Waals surface area contributed by atoms with Gasteiger partial charge in [-0.2, -0.15) is 4.31 Å². The van der Waals surface area contributed by atoms with Gasteiger partial charge in [0.25, 0.3) is 0 Å². The maximum absolute atomic E-state index is 12.8. The number of rotatable bonds is 2. The molecule has 1 saturated heterocycles. The largest absolute Gasteiger partial charge is 0.243 e. The van der Waals surface area contributed by atoms with Crippen LogP contribution in [0.3, 0.4) is 0 Å². The highest BCUT2D eigenvalue weighted by atomic mass is 32.2. The first-order valence-corrected chi connectivity index (χ1v) is 7.59. The van der Waals surface area contributed by atoms with Gasteiger partial charge in [-0.15, -0.1) is 0 Å². The monoisotopic (exact) mass is 271 g/mol. The van der Waals surface area contributed by atoms with E-state index in [1.807, 2.05) is 0 Å². The molecular formula is C13H18FNO2S. The van der Waals surface area contributed by atoms with E-state index >= 15 is 0 Å². The molecule has 3 nitrogen and oxygen atoms in total. The highest BCUT2D eigenvalue weighted by Crippen LogP contribution is 2.26. The predicted molar refractivity (Wildman–Crippen MR) is 68.1 cm³/mol. The van der Waals surface area contributed by atoms with Crippen molar-refractivity contribution in [1.29, 1.82) is 0 Å². The summed E-state index contributed by atoms with van der Waals surface area (Å²) in [6, 6.07) is 5.02. The van der Waals surface area contributed by atoms with Crippen molar-refractivity contribution < 1.29 is 12.8 Å². The Kier molecular flexibility index (Phi) is 3.73. The molecule has 0 saturated carbocycles. The van der Waals surface area contributed by atoms with Crippen molar-refractivity contribution >= 4 is 10.0 Å². The predicted octanol–water partition coefficient (Wildman–Crippen LogP) is 2.49. The van der Waals surface area contributed by atoms with Crippen LogP contribution in [0, 0.1) is 17.7 Å². The van der Waals surface area contributed by atoms with Crippen molar-refractivity contribution in [3.05, 3.63) is 30.1 Å². The smallest absolute Gasteiger partial charge is 0.207 e.